The SMILES string of the molecule is CCCC(NCC)C(CC)S(=O)c1ccccc1C. The molecule has 3 atom stereocenters. The molecule has 0 saturated carbocycles. The molecule has 0 saturated heterocycles. The highest BCUT2D eigenvalue weighted by molar-refractivity contribution is 7.85. The van der Waals surface area contributed by atoms with E-state index in [1.54, 1.807) is 0 Å². The molecule has 0 aliphatic heterocycles. The second kappa shape index (κ2) is 8.49. The maximum Gasteiger partial charge on any atom is 0.0579 e. The highest BCUT2D eigenvalue weighted by Gasteiger charge is 2.26. The number of hydrogen-bond acceptors (Lipinski definition) is 2. The van der Waals surface area contributed by atoms with Crippen molar-refractivity contribution >= 4 is 10.8 Å². The Hall–Kier alpha value is -0.670. The highest BCUT2D eigenvalue weighted by Crippen LogP contribution is 2.21. The van der Waals surface area contributed by atoms with E-state index in [4.69, 9.17) is 0 Å². The van der Waals surface area contributed by atoms with E-state index < -0.39 is 10.8 Å². The van der Waals surface area contributed by atoms with Crippen LogP contribution in [0.5, 0.6) is 0 Å². The van der Waals surface area contributed by atoms with Gasteiger partial charge in [-0.2, -0.15) is 0 Å². The molecule has 1 aromatic carbocycles. The molecule has 0 bridgehead atoms. The topological polar surface area (TPSA) is 29.1 Å². The van der Waals surface area contributed by atoms with Crippen molar-refractivity contribution in [2.24, 2.45) is 0 Å². The first-order valence-corrected chi connectivity index (χ1v) is 8.56. The third-order valence-corrected chi connectivity index (χ3v) is 5.61. The molecule has 0 aliphatic carbocycles. The standard InChI is InChI=1S/C16H27NOS/c1-5-10-14(17-7-3)15(6-2)19(18)16-12-9-8-11-13(16)4/h8-9,11-12,14-15,17H,5-7,10H2,1-4H3. The summed E-state index contributed by atoms with van der Waals surface area (Å²) in [6.45, 7) is 9.43. The van der Waals surface area contributed by atoms with Crippen LogP contribution in [0, 0.1) is 6.92 Å². The van der Waals surface area contributed by atoms with Crippen LogP contribution in [0.25, 0.3) is 0 Å². The lowest BCUT2D eigenvalue weighted by atomic mass is 10.1. The van der Waals surface area contributed by atoms with Gasteiger partial charge in [-0.15, -0.1) is 0 Å². The van der Waals surface area contributed by atoms with E-state index in [0.717, 1.165) is 36.3 Å². The van der Waals surface area contributed by atoms with Crippen molar-refractivity contribution in [2.45, 2.75) is 63.1 Å². The molecule has 19 heavy (non-hydrogen) atoms. The van der Waals surface area contributed by atoms with E-state index in [1.807, 2.05) is 31.2 Å². The van der Waals surface area contributed by atoms with Gasteiger partial charge in [-0.3, -0.25) is 4.21 Å². The minimum absolute atomic E-state index is 0.195. The van der Waals surface area contributed by atoms with Gasteiger partial charge < -0.3 is 5.32 Å². The lowest BCUT2D eigenvalue weighted by Gasteiger charge is -2.26. The summed E-state index contributed by atoms with van der Waals surface area (Å²) < 4.78 is 12.9. The molecule has 3 heteroatoms. The minimum Gasteiger partial charge on any atom is -0.313 e. The van der Waals surface area contributed by atoms with Crippen molar-refractivity contribution in [3.63, 3.8) is 0 Å². The second-order valence-corrected chi connectivity index (χ2v) is 6.60. The van der Waals surface area contributed by atoms with Gasteiger partial charge in [-0.1, -0.05) is 45.4 Å². The van der Waals surface area contributed by atoms with E-state index in [9.17, 15) is 4.21 Å². The molecule has 0 heterocycles. The first-order valence-electron chi connectivity index (χ1n) is 7.35. The molecule has 0 amide bonds. The van der Waals surface area contributed by atoms with Gasteiger partial charge >= 0.3 is 0 Å². The van der Waals surface area contributed by atoms with Crippen LogP contribution in [0.15, 0.2) is 29.2 Å². The zero-order valence-corrected chi connectivity index (χ0v) is 13.4. The smallest absolute Gasteiger partial charge is 0.0579 e. The summed E-state index contributed by atoms with van der Waals surface area (Å²) in [6, 6.07) is 8.38. The van der Waals surface area contributed by atoms with E-state index >= 15 is 0 Å². The molecule has 2 nitrogen and oxygen atoms in total. The fourth-order valence-corrected chi connectivity index (χ4v) is 4.28. The number of hydrogen-bond donors (Lipinski definition) is 1. The summed E-state index contributed by atoms with van der Waals surface area (Å²) in [5, 5.41) is 3.71. The van der Waals surface area contributed by atoms with Crippen LogP contribution < -0.4 is 5.32 Å². The summed E-state index contributed by atoms with van der Waals surface area (Å²) >= 11 is 0. The summed E-state index contributed by atoms with van der Waals surface area (Å²) in [5.41, 5.74) is 1.13. The Morgan fingerprint density at radius 3 is 2.42 bits per heavy atom. The first kappa shape index (κ1) is 16.4. The molecule has 1 aromatic rings. The van der Waals surface area contributed by atoms with Gasteiger partial charge in [-0.05, 0) is 37.9 Å². The number of nitrogens with one attached hydrogen (secondary N) is 1. The largest absolute Gasteiger partial charge is 0.313 e. The van der Waals surface area contributed by atoms with Gasteiger partial charge in [0.15, 0.2) is 0 Å². The summed E-state index contributed by atoms with van der Waals surface area (Å²) in [4.78, 5) is 0.994. The molecule has 0 fully saturated rings. The van der Waals surface area contributed by atoms with E-state index in [1.165, 1.54) is 0 Å². The molecular formula is C16H27NOS. The van der Waals surface area contributed by atoms with Crippen molar-refractivity contribution in [3.8, 4) is 0 Å². The molecule has 108 valence electrons. The molecule has 0 radical (unpaired) electrons. The molecule has 1 rings (SSSR count). The number of benzene rings is 1. The van der Waals surface area contributed by atoms with Crippen molar-refractivity contribution in [3.05, 3.63) is 29.8 Å². The Bertz CT molecular complexity index is 399. The molecule has 0 aliphatic rings. The first-order chi connectivity index (χ1) is 9.15. The molecule has 1 N–H and O–H groups in total. The predicted octanol–water partition coefficient (Wildman–Crippen LogP) is 3.66. The molecule has 0 aromatic heterocycles. The van der Waals surface area contributed by atoms with Gasteiger partial charge in [0.25, 0.3) is 0 Å². The van der Waals surface area contributed by atoms with Crippen LogP contribution >= 0.6 is 0 Å². The zero-order chi connectivity index (χ0) is 14.3. The van der Waals surface area contributed by atoms with Gasteiger partial charge in [-0.25, -0.2) is 0 Å². The van der Waals surface area contributed by atoms with Gasteiger partial charge in [0, 0.05) is 10.9 Å². The normalized spacial score (nSPS) is 16.0. The van der Waals surface area contributed by atoms with Crippen LogP contribution in [-0.2, 0) is 10.8 Å². The monoisotopic (exact) mass is 281 g/mol. The Kier molecular flexibility index (Phi) is 7.32. The van der Waals surface area contributed by atoms with E-state index in [0.29, 0.717) is 6.04 Å². The average Bonchev–Trinajstić information content (AvgIpc) is 2.40. The van der Waals surface area contributed by atoms with Crippen molar-refractivity contribution in [2.75, 3.05) is 6.54 Å². The molecule has 0 spiro atoms. The Labute approximate surface area is 120 Å². The van der Waals surface area contributed by atoms with Crippen LogP contribution in [-0.4, -0.2) is 22.0 Å². The quantitative estimate of drug-likeness (QED) is 0.788. The Balaban J connectivity index is 2.94. The fourth-order valence-electron chi connectivity index (χ4n) is 2.52. The minimum atomic E-state index is -0.928. The predicted molar refractivity (Wildman–Crippen MR) is 84.0 cm³/mol. The van der Waals surface area contributed by atoms with E-state index in [2.05, 4.69) is 26.1 Å². The summed E-state index contributed by atoms with van der Waals surface area (Å²) in [7, 11) is -0.928. The maximum absolute atomic E-state index is 12.9. The van der Waals surface area contributed by atoms with Gasteiger partial charge in [0.05, 0.1) is 16.0 Å². The van der Waals surface area contributed by atoms with E-state index in [-0.39, 0.29) is 5.25 Å². The zero-order valence-electron chi connectivity index (χ0n) is 12.6. The summed E-state index contributed by atoms with van der Waals surface area (Å²) in [6.07, 6.45) is 3.15. The van der Waals surface area contributed by atoms with Crippen LogP contribution in [0.1, 0.15) is 45.6 Å². The average molecular weight is 281 g/mol. The lowest BCUT2D eigenvalue weighted by molar-refractivity contribution is 0.458. The highest BCUT2D eigenvalue weighted by atomic mass is 32.2. The summed E-state index contributed by atoms with van der Waals surface area (Å²) in [5.74, 6) is 0. The third kappa shape index (κ3) is 4.43. The third-order valence-electron chi connectivity index (χ3n) is 3.50. The maximum atomic E-state index is 12.9. The Morgan fingerprint density at radius 2 is 1.89 bits per heavy atom. The van der Waals surface area contributed by atoms with Crippen molar-refractivity contribution in [1.82, 2.24) is 5.32 Å². The van der Waals surface area contributed by atoms with Gasteiger partial charge in [0.1, 0.15) is 0 Å². The van der Waals surface area contributed by atoms with Crippen molar-refractivity contribution in [1.29, 1.82) is 0 Å². The second-order valence-electron chi connectivity index (χ2n) is 4.96. The van der Waals surface area contributed by atoms with Crippen LogP contribution in [0.4, 0.5) is 0 Å². The number of rotatable bonds is 8. The van der Waals surface area contributed by atoms with Gasteiger partial charge in [0.2, 0.25) is 0 Å². The lowest BCUT2D eigenvalue weighted by Crippen LogP contribution is -2.42. The molecule has 3 unspecified atom stereocenters. The van der Waals surface area contributed by atoms with Crippen LogP contribution in [0.2, 0.25) is 0 Å². The number of aryl methyl sites for hydroxylation is 1. The fraction of sp³-hybridized carbons (Fsp3) is 0.625. The van der Waals surface area contributed by atoms with Crippen molar-refractivity contribution < 1.29 is 4.21 Å². The Morgan fingerprint density at radius 1 is 1.21 bits per heavy atom. The molecular weight excluding hydrogens is 254 g/mol. The van der Waals surface area contributed by atoms with Crippen LogP contribution in [0.3, 0.4) is 0 Å².